The number of hydrogen-bond acceptors (Lipinski definition) is 13. The molecule has 0 aliphatic heterocycles. The fraction of sp³-hybridized carbons (Fsp3) is 0.918. The van der Waals surface area contributed by atoms with Crippen LogP contribution in [0.15, 0.2) is 0 Å². The van der Waals surface area contributed by atoms with Crippen molar-refractivity contribution in [3.05, 3.63) is 0 Å². The second-order valence-corrected chi connectivity index (χ2v) is 38.7. The Kier molecular flexibility index (Phi) is 36.2. The molecule has 7 aliphatic carbocycles. The summed E-state index contributed by atoms with van der Waals surface area (Å²) in [5, 5.41) is 19.8. The van der Waals surface area contributed by atoms with Crippen molar-refractivity contribution in [2.45, 2.75) is 327 Å². The lowest BCUT2D eigenvalue weighted by Crippen LogP contribution is -2.57. The first-order valence-corrected chi connectivity index (χ1v) is 39.1. The Morgan fingerprint density at radius 3 is 1.40 bits per heavy atom. The van der Waals surface area contributed by atoms with Crippen LogP contribution in [-0.2, 0) is 33.6 Å². The molecule has 0 aromatic carbocycles. The number of carbonyl (C=O) groups excluding carboxylic acids is 7. The van der Waals surface area contributed by atoms with Crippen molar-refractivity contribution in [1.29, 1.82) is 0 Å². The number of nitrogens with one attached hydrogen (secondary N) is 6. The molecule has 0 radical (unpaired) electrons. The second kappa shape index (κ2) is 37.9. The number of Topliss-reactive ketones (excluding diaryl/α,β-unsaturated/α-hetero) is 7. The molecule has 7 saturated carbocycles. The van der Waals surface area contributed by atoms with Crippen LogP contribution in [0.3, 0.4) is 0 Å². The fourth-order valence-electron chi connectivity index (χ4n) is 19.6. The average molecular weight is 1380 g/mol. The van der Waals surface area contributed by atoms with Crippen LogP contribution in [0.5, 0.6) is 0 Å². The summed E-state index contributed by atoms with van der Waals surface area (Å²) in [6.45, 7) is 63.1. The van der Waals surface area contributed by atoms with Gasteiger partial charge >= 0.3 is 0 Å². The van der Waals surface area contributed by atoms with Gasteiger partial charge in [0.15, 0.2) is 0 Å². The largest absolute Gasteiger partial charge is 0.319 e. The van der Waals surface area contributed by atoms with E-state index in [9.17, 15) is 33.6 Å². The summed E-state index contributed by atoms with van der Waals surface area (Å²) in [5.41, 5.74) is 1.63. The molecule has 7 aliphatic rings. The third-order valence-electron chi connectivity index (χ3n) is 28.8. The Morgan fingerprint density at radius 1 is 0.520 bits per heavy atom. The van der Waals surface area contributed by atoms with Crippen molar-refractivity contribution in [3.63, 3.8) is 0 Å². The maximum atomic E-state index is 11.6. The molecule has 13 heteroatoms. The average Bonchev–Trinajstić information content (AvgIpc) is 1.17. The Labute approximate surface area is 605 Å². The van der Waals surface area contributed by atoms with E-state index in [1.165, 1.54) is 51.4 Å². The molecule has 98 heavy (non-hydrogen) atoms. The second-order valence-electron chi connectivity index (χ2n) is 38.7. The molecule has 18 atom stereocenters. The van der Waals surface area contributed by atoms with Gasteiger partial charge in [-0.05, 0) is 308 Å². The molecule has 0 heterocycles. The van der Waals surface area contributed by atoms with Crippen LogP contribution in [0.4, 0.5) is 0 Å². The van der Waals surface area contributed by atoms with E-state index in [2.05, 4.69) is 184 Å². The Balaban J connectivity index is 0.000000572. The Morgan fingerprint density at radius 2 is 1.04 bits per heavy atom. The van der Waals surface area contributed by atoms with Crippen molar-refractivity contribution in [3.8, 4) is 0 Å². The molecule has 0 saturated heterocycles. The van der Waals surface area contributed by atoms with Gasteiger partial charge in [0, 0.05) is 63.6 Å². The predicted molar refractivity (Wildman–Crippen MR) is 415 cm³/mol. The lowest BCUT2D eigenvalue weighted by atomic mass is 9.50. The van der Waals surface area contributed by atoms with Gasteiger partial charge in [0.1, 0.15) is 40.5 Å². The molecular formula is C85H162N6O7. The highest BCUT2D eigenvalue weighted by Crippen LogP contribution is 2.57. The topological polar surface area (TPSA) is 192 Å². The van der Waals surface area contributed by atoms with Gasteiger partial charge in [0.2, 0.25) is 0 Å². The van der Waals surface area contributed by atoms with Gasteiger partial charge in [-0.3, -0.25) is 28.8 Å². The van der Waals surface area contributed by atoms with Crippen molar-refractivity contribution in [2.75, 3.05) is 55.4 Å². The van der Waals surface area contributed by atoms with E-state index >= 15 is 0 Å². The molecule has 18 unspecified atom stereocenters. The normalized spacial score (nSPS) is 33.2. The van der Waals surface area contributed by atoms with E-state index < -0.39 is 0 Å². The summed E-state index contributed by atoms with van der Waals surface area (Å²) in [6.07, 6.45) is 17.8. The lowest BCUT2D eigenvalue weighted by molar-refractivity contribution is -0.139. The zero-order valence-electron chi connectivity index (χ0n) is 70.7. The highest BCUT2D eigenvalue weighted by Gasteiger charge is 2.53. The van der Waals surface area contributed by atoms with Crippen molar-refractivity contribution < 1.29 is 33.6 Å². The highest BCUT2D eigenvalue weighted by atomic mass is 16.1. The maximum Gasteiger partial charge on any atom is 0.135 e. The minimum Gasteiger partial charge on any atom is -0.319 e. The van der Waals surface area contributed by atoms with Crippen LogP contribution >= 0.6 is 0 Å². The van der Waals surface area contributed by atoms with E-state index in [-0.39, 0.29) is 50.0 Å². The zero-order chi connectivity index (χ0) is 76.7. The summed E-state index contributed by atoms with van der Waals surface area (Å²) in [6, 6.07) is 1.15. The lowest BCUT2D eigenvalue weighted by Gasteiger charge is -2.54. The number of ketones is 7. The van der Waals surface area contributed by atoms with Crippen molar-refractivity contribution >= 4 is 40.5 Å². The number of carbonyl (C=O) groups is 7. The van der Waals surface area contributed by atoms with Gasteiger partial charge in [-0.1, -0.05) is 131 Å². The molecule has 0 spiro atoms. The molecule has 0 aromatic heterocycles. The van der Waals surface area contributed by atoms with E-state index in [0.29, 0.717) is 128 Å². The third-order valence-corrected chi connectivity index (χ3v) is 28.8. The van der Waals surface area contributed by atoms with E-state index in [0.717, 1.165) is 70.4 Å². The monoisotopic (exact) mass is 1380 g/mol. The van der Waals surface area contributed by atoms with Gasteiger partial charge in [0.05, 0.1) is 0 Å². The van der Waals surface area contributed by atoms with Gasteiger partial charge in [-0.25, -0.2) is 0 Å². The number of hydrogen-bond donors (Lipinski definition) is 6. The quantitative estimate of drug-likeness (QED) is 0.0567. The smallest absolute Gasteiger partial charge is 0.135 e. The van der Waals surface area contributed by atoms with Crippen LogP contribution in [0.25, 0.3) is 0 Å². The number of rotatable bonds is 23. The van der Waals surface area contributed by atoms with Crippen LogP contribution in [0, 0.1) is 120 Å². The van der Waals surface area contributed by atoms with Crippen molar-refractivity contribution in [1.82, 2.24) is 31.9 Å². The van der Waals surface area contributed by atoms with Crippen LogP contribution in [0.1, 0.15) is 304 Å². The summed E-state index contributed by atoms with van der Waals surface area (Å²) >= 11 is 0. The van der Waals surface area contributed by atoms with Gasteiger partial charge < -0.3 is 36.7 Å². The van der Waals surface area contributed by atoms with Crippen molar-refractivity contribution in [2.24, 2.45) is 120 Å². The van der Waals surface area contributed by atoms with Gasteiger partial charge in [-0.15, -0.1) is 0 Å². The van der Waals surface area contributed by atoms with Crippen LogP contribution in [-0.4, -0.2) is 119 Å². The summed E-state index contributed by atoms with van der Waals surface area (Å²) in [5.74, 6) is 9.77. The molecule has 0 aromatic rings. The van der Waals surface area contributed by atoms with E-state index in [4.69, 9.17) is 0 Å². The van der Waals surface area contributed by atoms with E-state index in [1.54, 1.807) is 48.5 Å². The molecule has 13 nitrogen and oxygen atoms in total. The molecular weight excluding hydrogens is 1220 g/mol. The summed E-state index contributed by atoms with van der Waals surface area (Å²) < 4.78 is 0. The first kappa shape index (κ1) is 93.5. The van der Waals surface area contributed by atoms with Crippen LogP contribution < -0.4 is 31.9 Å². The molecule has 7 rings (SSSR count). The van der Waals surface area contributed by atoms with Gasteiger partial charge in [-0.2, -0.15) is 0 Å². The zero-order valence-corrected chi connectivity index (χ0v) is 70.7. The first-order valence-electron chi connectivity index (χ1n) is 39.1. The maximum absolute atomic E-state index is 11.6. The Hall–Kier alpha value is -2.55. The van der Waals surface area contributed by atoms with Crippen LogP contribution in [0.2, 0.25) is 0 Å². The van der Waals surface area contributed by atoms with E-state index in [1.807, 2.05) is 42.3 Å². The molecule has 0 amide bonds. The molecule has 6 N–H and O–H groups in total. The Bertz CT molecular complexity index is 2550. The minimum atomic E-state index is -0.144. The summed E-state index contributed by atoms with van der Waals surface area (Å²) in [4.78, 5) is 79.9. The fourth-order valence-corrected chi connectivity index (χ4v) is 19.6. The highest BCUT2D eigenvalue weighted by molar-refractivity contribution is 5.83. The standard InChI is InChI=1S/C13H24O.6C12H23NO/c1-6-12-7-11(8-13(12,4)5)9(2)10(3)14;1-9(14)12(4)6-10(7-13-5)11(2,3)8-12;1-8(13-5)10-6-11(9(2)14)12(3,4)7-10;1-8(7-13-5)10-6-11(9(2)14)12(10,3)4;1-8(6-9(2)14)10-7-11(13-5)12(10,3)4;1-9(14)12(4)7-6-10(8-12)11(2,3)13-5;1-9(14)11(2,3)10-6-7-12(4,8-10)13-5/h9,11-12H,6-8H2,1-5H3;10,13H,6-8H2,1-5H3;3*8,10-11,13H,6-7H2,1-5H3;2*10,13H,6-8H2,1-5H3. The molecule has 0 bridgehead atoms. The minimum absolute atomic E-state index is 0.0568. The molecule has 574 valence electrons. The molecule has 7 fully saturated rings. The third kappa shape index (κ3) is 25.1. The SMILES string of the molecule is CCC1CC(C(C)C(C)=O)CC1(C)C.CNC(C)(C)C1CCC(C)(C(C)=O)C1.CNC(C)C1CC(C(C)=O)C(C)(C)C1.CNC1(C)CCC(C(C)(C)C(C)=O)C1.CNC1CC(C(C)CC(C)=O)C1(C)C.CNCC(C)C1CC(C(C)=O)C1(C)C.CNCC1CC(C)(C(C)=O)CC1(C)C. The predicted octanol–water partition coefficient (Wildman–Crippen LogP) is 17.2. The van der Waals surface area contributed by atoms with Gasteiger partial charge in [0.25, 0.3) is 0 Å². The first-order chi connectivity index (χ1) is 44.5. The summed E-state index contributed by atoms with van der Waals surface area (Å²) in [7, 11) is 12.0.